The smallest absolute Gasteiger partial charge is 0.410 e. The van der Waals surface area contributed by atoms with Gasteiger partial charge in [-0.1, -0.05) is 0 Å². The molecule has 26 heavy (non-hydrogen) atoms. The van der Waals surface area contributed by atoms with Crippen LogP contribution >= 0.6 is 0 Å². The molecule has 0 spiro atoms. The van der Waals surface area contributed by atoms with Crippen molar-refractivity contribution in [3.8, 4) is 5.75 Å². The summed E-state index contributed by atoms with van der Waals surface area (Å²) in [6.07, 6.45) is -0.252. The molecule has 2 saturated heterocycles. The molecule has 0 saturated carbocycles. The first-order valence-corrected chi connectivity index (χ1v) is 8.94. The van der Waals surface area contributed by atoms with Crippen molar-refractivity contribution in [2.24, 2.45) is 0 Å². The first-order valence-electron chi connectivity index (χ1n) is 8.94. The third-order valence-corrected chi connectivity index (χ3v) is 4.42. The number of hydrogen-bond acceptors (Lipinski definition) is 5. The van der Waals surface area contributed by atoms with Crippen molar-refractivity contribution in [3.63, 3.8) is 0 Å². The van der Waals surface area contributed by atoms with E-state index >= 15 is 0 Å². The number of aliphatic hydroxyl groups excluding tert-OH is 1. The minimum absolute atomic E-state index is 0.0967. The summed E-state index contributed by atoms with van der Waals surface area (Å²) in [4.78, 5) is 14.0. The third-order valence-electron chi connectivity index (χ3n) is 4.42. The number of halogens is 1. The Kier molecular flexibility index (Phi) is 5.39. The van der Waals surface area contributed by atoms with Crippen LogP contribution in [-0.2, 0) is 9.47 Å². The zero-order chi connectivity index (χ0) is 18.9. The summed E-state index contributed by atoms with van der Waals surface area (Å²) in [6.45, 7) is 6.60. The second-order valence-electron chi connectivity index (χ2n) is 7.82. The van der Waals surface area contributed by atoms with Gasteiger partial charge in [-0.3, -0.25) is 4.90 Å². The fourth-order valence-electron chi connectivity index (χ4n) is 3.30. The van der Waals surface area contributed by atoms with Gasteiger partial charge in [-0.15, -0.1) is 0 Å². The summed E-state index contributed by atoms with van der Waals surface area (Å²) >= 11 is 0. The number of nitrogens with zero attached hydrogens (tertiary/aromatic N) is 1. The topological polar surface area (TPSA) is 68.2 Å². The molecule has 2 fully saturated rings. The van der Waals surface area contributed by atoms with E-state index in [1.807, 2.05) is 0 Å². The maximum atomic E-state index is 13.9. The van der Waals surface area contributed by atoms with Crippen LogP contribution < -0.4 is 4.74 Å². The van der Waals surface area contributed by atoms with Gasteiger partial charge in [0, 0.05) is 12.0 Å². The summed E-state index contributed by atoms with van der Waals surface area (Å²) in [5.41, 5.74) is -0.114. The molecule has 2 aliphatic rings. The zero-order valence-corrected chi connectivity index (χ0v) is 15.4. The fourth-order valence-corrected chi connectivity index (χ4v) is 3.30. The highest BCUT2D eigenvalue weighted by Crippen LogP contribution is 2.39. The van der Waals surface area contributed by atoms with Crippen molar-refractivity contribution < 1.29 is 28.5 Å². The van der Waals surface area contributed by atoms with E-state index in [0.717, 1.165) is 6.42 Å². The van der Waals surface area contributed by atoms with Gasteiger partial charge in [0.1, 0.15) is 23.3 Å². The second-order valence-corrected chi connectivity index (χ2v) is 7.82. The summed E-state index contributed by atoms with van der Waals surface area (Å²) in [6, 6.07) is 3.76. The number of rotatable bonds is 3. The predicted octanol–water partition coefficient (Wildman–Crippen LogP) is 3.04. The van der Waals surface area contributed by atoms with Crippen LogP contribution in [0.25, 0.3) is 0 Å². The Labute approximate surface area is 152 Å². The van der Waals surface area contributed by atoms with Gasteiger partial charge in [0.15, 0.2) is 0 Å². The van der Waals surface area contributed by atoms with Crippen LogP contribution in [-0.4, -0.2) is 53.7 Å². The average molecular weight is 367 g/mol. The molecule has 0 aromatic heterocycles. The quantitative estimate of drug-likeness (QED) is 0.889. The number of carbonyl (C=O) groups excluding carboxylic acids is 1. The van der Waals surface area contributed by atoms with Gasteiger partial charge in [0.2, 0.25) is 0 Å². The van der Waals surface area contributed by atoms with Gasteiger partial charge in [0.05, 0.1) is 31.9 Å². The van der Waals surface area contributed by atoms with Crippen molar-refractivity contribution in [1.29, 1.82) is 0 Å². The first kappa shape index (κ1) is 18.9. The van der Waals surface area contributed by atoms with Crippen molar-refractivity contribution in [2.75, 3.05) is 19.8 Å². The van der Waals surface area contributed by atoms with Crippen LogP contribution in [0.5, 0.6) is 5.75 Å². The van der Waals surface area contributed by atoms with Gasteiger partial charge >= 0.3 is 6.09 Å². The monoisotopic (exact) mass is 367 g/mol. The van der Waals surface area contributed by atoms with E-state index in [9.17, 15) is 14.3 Å². The molecule has 1 aromatic carbocycles. The number of β-amino-alcohol motifs (C(OH)–C–C–N with tert-alkyl or cyclic N) is 1. The SMILES string of the molecule is CC(C)(C)OC(=O)N1CC(O)CC1c1cc(F)ccc1OC1CCOC1. The molecule has 2 heterocycles. The van der Waals surface area contributed by atoms with E-state index in [0.29, 0.717) is 30.9 Å². The lowest BCUT2D eigenvalue weighted by Gasteiger charge is -2.29. The summed E-state index contributed by atoms with van der Waals surface area (Å²) in [7, 11) is 0. The molecule has 1 amide bonds. The Morgan fingerprint density at radius 3 is 2.81 bits per heavy atom. The number of amides is 1. The highest BCUT2D eigenvalue weighted by molar-refractivity contribution is 5.69. The number of benzene rings is 1. The molecule has 2 aliphatic heterocycles. The first-order chi connectivity index (χ1) is 12.2. The lowest BCUT2D eigenvalue weighted by atomic mass is 10.0. The van der Waals surface area contributed by atoms with Crippen molar-refractivity contribution in [3.05, 3.63) is 29.6 Å². The van der Waals surface area contributed by atoms with E-state index in [4.69, 9.17) is 14.2 Å². The Balaban J connectivity index is 1.87. The Morgan fingerprint density at radius 1 is 1.38 bits per heavy atom. The van der Waals surface area contributed by atoms with Crippen LogP contribution in [0, 0.1) is 5.82 Å². The van der Waals surface area contributed by atoms with Crippen molar-refractivity contribution in [2.45, 2.75) is 57.5 Å². The van der Waals surface area contributed by atoms with E-state index < -0.39 is 29.7 Å². The molecular weight excluding hydrogens is 341 g/mol. The van der Waals surface area contributed by atoms with Crippen LogP contribution in [0.1, 0.15) is 45.2 Å². The van der Waals surface area contributed by atoms with Gasteiger partial charge in [-0.05, 0) is 45.4 Å². The summed E-state index contributed by atoms with van der Waals surface area (Å²) in [5.74, 6) is 0.0927. The van der Waals surface area contributed by atoms with E-state index in [1.165, 1.54) is 17.0 Å². The molecule has 0 bridgehead atoms. The van der Waals surface area contributed by atoms with Gasteiger partial charge in [0.25, 0.3) is 0 Å². The lowest BCUT2D eigenvalue weighted by molar-refractivity contribution is 0.0204. The van der Waals surface area contributed by atoms with Crippen molar-refractivity contribution >= 4 is 6.09 Å². The largest absolute Gasteiger partial charge is 0.488 e. The molecule has 0 aliphatic carbocycles. The number of carbonyl (C=O) groups is 1. The highest BCUT2D eigenvalue weighted by atomic mass is 19.1. The second kappa shape index (κ2) is 7.40. The highest BCUT2D eigenvalue weighted by Gasteiger charge is 2.39. The number of aliphatic hydroxyl groups is 1. The van der Waals surface area contributed by atoms with Crippen LogP contribution in [0.15, 0.2) is 18.2 Å². The zero-order valence-electron chi connectivity index (χ0n) is 15.4. The normalized spacial score (nSPS) is 26.2. The van der Waals surface area contributed by atoms with Gasteiger partial charge in [-0.25, -0.2) is 9.18 Å². The fraction of sp³-hybridized carbons (Fsp3) is 0.632. The minimum Gasteiger partial charge on any atom is -0.488 e. The molecule has 6 nitrogen and oxygen atoms in total. The van der Waals surface area contributed by atoms with Crippen molar-refractivity contribution in [1.82, 2.24) is 4.90 Å². The molecule has 1 aromatic rings. The van der Waals surface area contributed by atoms with E-state index in [-0.39, 0.29) is 12.6 Å². The average Bonchev–Trinajstić information content (AvgIpc) is 3.17. The third kappa shape index (κ3) is 4.45. The van der Waals surface area contributed by atoms with Gasteiger partial charge in [-0.2, -0.15) is 0 Å². The van der Waals surface area contributed by atoms with Crippen LogP contribution in [0.3, 0.4) is 0 Å². The minimum atomic E-state index is -0.696. The maximum absolute atomic E-state index is 13.9. The number of hydrogen-bond donors (Lipinski definition) is 1. The Bertz CT molecular complexity index is 654. The summed E-state index contributed by atoms with van der Waals surface area (Å²) < 4.78 is 30.7. The standard InChI is InChI=1S/C19H26FNO5/c1-19(2,3)26-18(23)21-10-13(22)9-16(21)15-8-12(20)4-5-17(15)25-14-6-7-24-11-14/h4-5,8,13-14,16,22H,6-7,9-11H2,1-3H3. The number of ether oxygens (including phenoxy) is 3. The predicted molar refractivity (Wildman–Crippen MR) is 92.6 cm³/mol. The Hall–Kier alpha value is -1.86. The molecule has 0 radical (unpaired) electrons. The van der Waals surface area contributed by atoms with Crippen LogP contribution in [0.4, 0.5) is 9.18 Å². The molecular formula is C19H26FNO5. The molecule has 3 atom stereocenters. The van der Waals surface area contributed by atoms with Crippen LogP contribution in [0.2, 0.25) is 0 Å². The molecule has 3 unspecified atom stereocenters. The molecule has 3 rings (SSSR count). The molecule has 144 valence electrons. The van der Waals surface area contributed by atoms with E-state index in [2.05, 4.69) is 0 Å². The Morgan fingerprint density at radius 2 is 2.15 bits per heavy atom. The van der Waals surface area contributed by atoms with Gasteiger partial charge < -0.3 is 19.3 Å². The molecule has 1 N–H and O–H groups in total. The maximum Gasteiger partial charge on any atom is 0.410 e. The van der Waals surface area contributed by atoms with E-state index in [1.54, 1.807) is 26.8 Å². The lowest BCUT2D eigenvalue weighted by Crippen LogP contribution is -2.37. The molecule has 7 heteroatoms. The number of likely N-dealkylation sites (tertiary alicyclic amines) is 1. The summed E-state index contributed by atoms with van der Waals surface area (Å²) in [5, 5.41) is 10.1.